The van der Waals surface area contributed by atoms with Gasteiger partial charge in [0.05, 0.1) is 6.54 Å². The maximum Gasteiger partial charge on any atom is 0.194 e. The molecule has 18 heavy (non-hydrogen) atoms. The number of imidazole rings is 1. The highest BCUT2D eigenvalue weighted by atomic mass is 15.3. The second-order valence-corrected chi connectivity index (χ2v) is 5.02. The smallest absolute Gasteiger partial charge is 0.194 e. The van der Waals surface area contributed by atoms with Crippen LogP contribution in [0.25, 0.3) is 0 Å². The summed E-state index contributed by atoms with van der Waals surface area (Å²) < 4.78 is 2.03. The Labute approximate surface area is 109 Å². The van der Waals surface area contributed by atoms with Crippen molar-refractivity contribution in [1.82, 2.24) is 19.8 Å². The monoisotopic (exact) mass is 249 g/mol. The van der Waals surface area contributed by atoms with Crippen LogP contribution in [0.3, 0.4) is 0 Å². The lowest BCUT2D eigenvalue weighted by molar-refractivity contribution is 0.273. The van der Waals surface area contributed by atoms with Gasteiger partial charge in [-0.1, -0.05) is 6.92 Å². The van der Waals surface area contributed by atoms with Crippen molar-refractivity contribution in [2.24, 2.45) is 18.0 Å². The number of hydrogen-bond acceptors (Lipinski definition) is 2. The average molecular weight is 249 g/mol. The summed E-state index contributed by atoms with van der Waals surface area (Å²) in [6.07, 6.45) is 6.29. The number of rotatable bonds is 2. The number of nitrogens with one attached hydrogen (secondary N) is 1. The molecular weight excluding hydrogens is 226 g/mol. The fourth-order valence-corrected chi connectivity index (χ4v) is 2.28. The van der Waals surface area contributed by atoms with E-state index in [4.69, 9.17) is 0 Å². The molecule has 1 aliphatic rings. The number of nitrogens with zero attached hydrogens (tertiary/aromatic N) is 4. The first-order chi connectivity index (χ1) is 8.70. The second kappa shape index (κ2) is 5.89. The number of hydrogen-bond donors (Lipinski definition) is 1. The van der Waals surface area contributed by atoms with E-state index in [1.165, 1.54) is 12.8 Å². The molecule has 0 saturated carbocycles. The van der Waals surface area contributed by atoms with Crippen molar-refractivity contribution in [1.29, 1.82) is 0 Å². The minimum absolute atomic E-state index is 0.724. The summed E-state index contributed by atoms with van der Waals surface area (Å²) in [6, 6.07) is 0. The largest absolute Gasteiger partial charge is 0.349 e. The highest BCUT2D eigenvalue weighted by molar-refractivity contribution is 5.79. The Kier molecular flexibility index (Phi) is 4.23. The Morgan fingerprint density at radius 1 is 1.50 bits per heavy atom. The third kappa shape index (κ3) is 3.03. The molecule has 1 N–H and O–H groups in total. The summed E-state index contributed by atoms with van der Waals surface area (Å²) >= 11 is 0. The van der Waals surface area contributed by atoms with Gasteiger partial charge in [-0.05, 0) is 18.8 Å². The van der Waals surface area contributed by atoms with E-state index in [1.807, 2.05) is 31.1 Å². The molecule has 2 rings (SSSR count). The SMILES string of the molecule is CN=C(NCc1nccn1C)N1CCC(C)CC1. The topological polar surface area (TPSA) is 45.5 Å². The summed E-state index contributed by atoms with van der Waals surface area (Å²) in [5.41, 5.74) is 0. The van der Waals surface area contributed by atoms with Crippen molar-refractivity contribution in [3.05, 3.63) is 18.2 Å². The lowest BCUT2D eigenvalue weighted by atomic mass is 10.00. The van der Waals surface area contributed by atoms with Crippen LogP contribution in [0.4, 0.5) is 0 Å². The minimum Gasteiger partial charge on any atom is -0.349 e. The summed E-state index contributed by atoms with van der Waals surface area (Å²) in [7, 11) is 3.86. The van der Waals surface area contributed by atoms with Crippen molar-refractivity contribution < 1.29 is 0 Å². The quantitative estimate of drug-likeness (QED) is 0.633. The first-order valence-corrected chi connectivity index (χ1v) is 6.62. The molecule has 1 aliphatic heterocycles. The van der Waals surface area contributed by atoms with Crippen LogP contribution >= 0.6 is 0 Å². The van der Waals surface area contributed by atoms with E-state index in [-0.39, 0.29) is 0 Å². The van der Waals surface area contributed by atoms with Gasteiger partial charge in [-0.15, -0.1) is 0 Å². The number of guanidine groups is 1. The first kappa shape index (κ1) is 12.9. The van der Waals surface area contributed by atoms with Gasteiger partial charge in [-0.3, -0.25) is 4.99 Å². The van der Waals surface area contributed by atoms with Crippen LogP contribution in [0.15, 0.2) is 17.4 Å². The molecule has 1 fully saturated rings. The van der Waals surface area contributed by atoms with Crippen LogP contribution in [0.2, 0.25) is 0 Å². The minimum atomic E-state index is 0.724. The molecule has 5 nitrogen and oxygen atoms in total. The Morgan fingerprint density at radius 3 is 2.78 bits per heavy atom. The Morgan fingerprint density at radius 2 is 2.22 bits per heavy atom. The van der Waals surface area contributed by atoms with Gasteiger partial charge in [-0.25, -0.2) is 4.98 Å². The molecule has 0 aliphatic carbocycles. The second-order valence-electron chi connectivity index (χ2n) is 5.02. The van der Waals surface area contributed by atoms with E-state index in [2.05, 4.69) is 27.1 Å². The lowest BCUT2D eigenvalue weighted by Crippen LogP contribution is -2.45. The molecule has 1 saturated heterocycles. The van der Waals surface area contributed by atoms with Crippen LogP contribution in [0.5, 0.6) is 0 Å². The standard InChI is InChI=1S/C13H23N5/c1-11-4-7-18(8-5-11)13(14-2)16-10-12-15-6-9-17(12)3/h6,9,11H,4-5,7-8,10H2,1-3H3,(H,14,16). The van der Waals surface area contributed by atoms with Crippen molar-refractivity contribution in [2.75, 3.05) is 20.1 Å². The van der Waals surface area contributed by atoms with Crippen molar-refractivity contribution in [3.8, 4) is 0 Å². The van der Waals surface area contributed by atoms with E-state index >= 15 is 0 Å². The van der Waals surface area contributed by atoms with Gasteiger partial charge in [0.1, 0.15) is 5.82 Å². The van der Waals surface area contributed by atoms with E-state index in [1.54, 1.807) is 0 Å². The molecule has 0 spiro atoms. The number of aliphatic imine (C=N–C) groups is 1. The molecule has 0 radical (unpaired) electrons. The fourth-order valence-electron chi connectivity index (χ4n) is 2.28. The zero-order valence-electron chi connectivity index (χ0n) is 11.6. The molecule has 1 aromatic rings. The van der Waals surface area contributed by atoms with Gasteiger partial charge in [0, 0.05) is 39.6 Å². The van der Waals surface area contributed by atoms with Crippen molar-refractivity contribution in [2.45, 2.75) is 26.3 Å². The molecule has 100 valence electrons. The third-order valence-electron chi connectivity index (χ3n) is 3.62. The lowest BCUT2D eigenvalue weighted by Gasteiger charge is -2.32. The number of aryl methyl sites for hydroxylation is 1. The predicted octanol–water partition coefficient (Wildman–Crippen LogP) is 1.23. The zero-order valence-corrected chi connectivity index (χ0v) is 11.6. The number of likely N-dealkylation sites (tertiary alicyclic amines) is 1. The van der Waals surface area contributed by atoms with E-state index in [0.717, 1.165) is 37.3 Å². The summed E-state index contributed by atoms with van der Waals surface area (Å²) in [6.45, 7) is 5.24. The maximum absolute atomic E-state index is 4.36. The van der Waals surface area contributed by atoms with E-state index < -0.39 is 0 Å². The van der Waals surface area contributed by atoms with Gasteiger partial charge < -0.3 is 14.8 Å². The Balaban J connectivity index is 1.88. The molecule has 0 atom stereocenters. The zero-order chi connectivity index (χ0) is 13.0. The summed E-state index contributed by atoms with van der Waals surface area (Å²) in [4.78, 5) is 11.0. The van der Waals surface area contributed by atoms with Gasteiger partial charge in [0.15, 0.2) is 5.96 Å². The van der Waals surface area contributed by atoms with Gasteiger partial charge in [0.25, 0.3) is 0 Å². The number of aromatic nitrogens is 2. The predicted molar refractivity (Wildman–Crippen MR) is 73.4 cm³/mol. The van der Waals surface area contributed by atoms with Crippen LogP contribution in [0, 0.1) is 5.92 Å². The highest BCUT2D eigenvalue weighted by Crippen LogP contribution is 2.15. The Bertz CT molecular complexity index is 401. The van der Waals surface area contributed by atoms with Gasteiger partial charge in [0.2, 0.25) is 0 Å². The average Bonchev–Trinajstić information content (AvgIpc) is 2.78. The van der Waals surface area contributed by atoms with Crippen LogP contribution < -0.4 is 5.32 Å². The van der Waals surface area contributed by atoms with Crippen LogP contribution in [-0.4, -0.2) is 40.5 Å². The normalized spacial score (nSPS) is 18.2. The van der Waals surface area contributed by atoms with Crippen LogP contribution in [0.1, 0.15) is 25.6 Å². The number of piperidine rings is 1. The van der Waals surface area contributed by atoms with E-state index in [9.17, 15) is 0 Å². The van der Waals surface area contributed by atoms with Crippen LogP contribution in [-0.2, 0) is 13.6 Å². The van der Waals surface area contributed by atoms with Gasteiger partial charge in [-0.2, -0.15) is 0 Å². The maximum atomic E-state index is 4.36. The Hall–Kier alpha value is -1.52. The molecule has 0 bridgehead atoms. The summed E-state index contributed by atoms with van der Waals surface area (Å²) in [5.74, 6) is 2.86. The van der Waals surface area contributed by atoms with Crippen molar-refractivity contribution >= 4 is 5.96 Å². The highest BCUT2D eigenvalue weighted by Gasteiger charge is 2.18. The molecule has 2 heterocycles. The molecule has 0 unspecified atom stereocenters. The molecule has 0 aromatic carbocycles. The summed E-state index contributed by atoms with van der Waals surface area (Å²) in [5, 5.41) is 3.39. The molecular formula is C13H23N5. The molecule has 1 aromatic heterocycles. The van der Waals surface area contributed by atoms with Gasteiger partial charge >= 0.3 is 0 Å². The third-order valence-corrected chi connectivity index (χ3v) is 3.62. The van der Waals surface area contributed by atoms with E-state index in [0.29, 0.717) is 0 Å². The first-order valence-electron chi connectivity index (χ1n) is 6.62. The molecule has 5 heteroatoms. The van der Waals surface area contributed by atoms with Crippen molar-refractivity contribution in [3.63, 3.8) is 0 Å². The molecule has 0 amide bonds. The fraction of sp³-hybridized carbons (Fsp3) is 0.692.